The van der Waals surface area contributed by atoms with Crippen LogP contribution in [-0.2, 0) is 4.79 Å². The molecule has 0 aliphatic heterocycles. The highest BCUT2D eigenvalue weighted by molar-refractivity contribution is 5.96. The molecule has 0 spiro atoms. The second-order valence-corrected chi connectivity index (χ2v) is 4.40. The Morgan fingerprint density at radius 1 is 1.40 bits per heavy atom. The zero-order valence-electron chi connectivity index (χ0n) is 11.4. The largest absolute Gasteiger partial charge is 0.352 e. The highest BCUT2D eigenvalue weighted by Crippen LogP contribution is 2.16. The Bertz CT molecular complexity index is 481. The number of halogens is 2. The molecule has 1 aromatic rings. The fraction of sp³-hybridized carbons (Fsp3) is 0.385. The van der Waals surface area contributed by atoms with Crippen LogP contribution in [0.1, 0.15) is 30.6 Å². The summed E-state index contributed by atoms with van der Waals surface area (Å²) in [6.45, 7) is 3.57. The standard InChI is InChI=1S/C13H18FN3O2.ClH/c1-8(15)5-6-16-13(19)10-3-4-11(14)12(7-10)17-9(2)18;/h3-4,7-8H,5-6,15H2,1-2H3,(H,16,19)(H,17,18);1H. The van der Waals surface area contributed by atoms with Gasteiger partial charge in [-0.3, -0.25) is 9.59 Å². The van der Waals surface area contributed by atoms with Gasteiger partial charge in [0.1, 0.15) is 5.82 Å². The number of benzene rings is 1. The summed E-state index contributed by atoms with van der Waals surface area (Å²) in [7, 11) is 0. The molecule has 0 fully saturated rings. The van der Waals surface area contributed by atoms with Crippen LogP contribution in [0.2, 0.25) is 0 Å². The molecule has 5 nitrogen and oxygen atoms in total. The average molecular weight is 304 g/mol. The third-order valence-electron chi connectivity index (χ3n) is 2.42. The maximum absolute atomic E-state index is 13.4. The van der Waals surface area contributed by atoms with E-state index >= 15 is 0 Å². The Hall–Kier alpha value is -1.66. The van der Waals surface area contributed by atoms with Crippen molar-refractivity contribution >= 4 is 29.9 Å². The predicted molar refractivity (Wildman–Crippen MR) is 78.6 cm³/mol. The van der Waals surface area contributed by atoms with Crippen LogP contribution < -0.4 is 16.4 Å². The molecule has 0 aliphatic carbocycles. The van der Waals surface area contributed by atoms with Gasteiger partial charge in [-0.15, -0.1) is 12.4 Å². The van der Waals surface area contributed by atoms with Gasteiger partial charge < -0.3 is 16.4 Å². The molecular formula is C13H19ClFN3O2. The highest BCUT2D eigenvalue weighted by atomic mass is 35.5. The van der Waals surface area contributed by atoms with Crippen LogP contribution in [0.3, 0.4) is 0 Å². The van der Waals surface area contributed by atoms with Crippen LogP contribution in [0.25, 0.3) is 0 Å². The van der Waals surface area contributed by atoms with Crippen molar-refractivity contribution in [1.29, 1.82) is 0 Å². The van der Waals surface area contributed by atoms with Gasteiger partial charge in [0.15, 0.2) is 0 Å². The monoisotopic (exact) mass is 303 g/mol. The van der Waals surface area contributed by atoms with Crippen molar-refractivity contribution in [3.8, 4) is 0 Å². The van der Waals surface area contributed by atoms with Gasteiger partial charge in [-0.1, -0.05) is 0 Å². The van der Waals surface area contributed by atoms with Crippen molar-refractivity contribution in [2.45, 2.75) is 26.3 Å². The van der Waals surface area contributed by atoms with E-state index in [-0.39, 0.29) is 35.6 Å². The average Bonchev–Trinajstić information content (AvgIpc) is 2.30. The van der Waals surface area contributed by atoms with Gasteiger partial charge in [0.05, 0.1) is 5.69 Å². The highest BCUT2D eigenvalue weighted by Gasteiger charge is 2.10. The van der Waals surface area contributed by atoms with Crippen LogP contribution in [0.5, 0.6) is 0 Å². The molecule has 20 heavy (non-hydrogen) atoms. The molecule has 2 amide bonds. The smallest absolute Gasteiger partial charge is 0.251 e. The van der Waals surface area contributed by atoms with Crippen LogP contribution in [0.4, 0.5) is 10.1 Å². The lowest BCUT2D eigenvalue weighted by Gasteiger charge is -2.09. The summed E-state index contributed by atoms with van der Waals surface area (Å²) in [4.78, 5) is 22.7. The first-order valence-corrected chi connectivity index (χ1v) is 6.01. The number of anilines is 1. The van der Waals surface area contributed by atoms with Gasteiger partial charge in [0.2, 0.25) is 5.91 Å². The Morgan fingerprint density at radius 2 is 2.05 bits per heavy atom. The van der Waals surface area contributed by atoms with Gasteiger partial charge in [-0.2, -0.15) is 0 Å². The van der Waals surface area contributed by atoms with E-state index in [4.69, 9.17) is 5.73 Å². The molecule has 1 aromatic carbocycles. The van der Waals surface area contributed by atoms with Gasteiger partial charge in [0.25, 0.3) is 5.91 Å². The number of amides is 2. The number of carbonyl (C=O) groups excluding carboxylic acids is 2. The first kappa shape index (κ1) is 18.3. The van der Waals surface area contributed by atoms with E-state index in [2.05, 4.69) is 10.6 Å². The van der Waals surface area contributed by atoms with Crippen LogP contribution >= 0.6 is 12.4 Å². The number of rotatable bonds is 5. The molecular weight excluding hydrogens is 285 g/mol. The van der Waals surface area contributed by atoms with Gasteiger partial charge in [0, 0.05) is 25.1 Å². The lowest BCUT2D eigenvalue weighted by atomic mass is 10.1. The third-order valence-corrected chi connectivity index (χ3v) is 2.42. The van der Waals surface area contributed by atoms with E-state index in [0.29, 0.717) is 13.0 Å². The van der Waals surface area contributed by atoms with Crippen molar-refractivity contribution in [3.63, 3.8) is 0 Å². The molecule has 4 N–H and O–H groups in total. The summed E-state index contributed by atoms with van der Waals surface area (Å²) in [5, 5.41) is 5.00. The Morgan fingerprint density at radius 3 is 2.60 bits per heavy atom. The van der Waals surface area contributed by atoms with Gasteiger partial charge in [-0.25, -0.2) is 4.39 Å². The SMILES string of the molecule is CC(=O)Nc1cc(C(=O)NCCC(C)N)ccc1F.Cl. The second-order valence-electron chi connectivity index (χ2n) is 4.40. The normalized spacial score (nSPS) is 11.2. The molecule has 0 saturated heterocycles. The van der Waals surface area contributed by atoms with Crippen molar-refractivity contribution in [2.75, 3.05) is 11.9 Å². The molecule has 0 radical (unpaired) electrons. The quantitative estimate of drug-likeness (QED) is 0.773. The van der Waals surface area contributed by atoms with E-state index in [1.807, 2.05) is 6.92 Å². The van der Waals surface area contributed by atoms with Crippen molar-refractivity contribution in [2.24, 2.45) is 5.73 Å². The summed E-state index contributed by atoms with van der Waals surface area (Å²) in [5.74, 6) is -1.30. The van der Waals surface area contributed by atoms with E-state index in [1.54, 1.807) is 0 Å². The topological polar surface area (TPSA) is 84.2 Å². The number of hydrogen-bond donors (Lipinski definition) is 3. The van der Waals surface area contributed by atoms with E-state index in [9.17, 15) is 14.0 Å². The maximum Gasteiger partial charge on any atom is 0.251 e. The minimum absolute atomic E-state index is 0. The number of nitrogens with one attached hydrogen (secondary N) is 2. The lowest BCUT2D eigenvalue weighted by Crippen LogP contribution is -2.29. The molecule has 0 heterocycles. The summed E-state index contributed by atoms with van der Waals surface area (Å²) in [6.07, 6.45) is 0.658. The molecule has 0 aliphatic rings. The molecule has 7 heteroatoms. The number of carbonyl (C=O) groups is 2. The fourth-order valence-corrected chi connectivity index (χ4v) is 1.47. The zero-order valence-corrected chi connectivity index (χ0v) is 12.2. The minimum atomic E-state index is -0.581. The Balaban J connectivity index is 0.00000361. The maximum atomic E-state index is 13.4. The fourth-order valence-electron chi connectivity index (χ4n) is 1.47. The second kappa shape index (κ2) is 8.50. The molecule has 112 valence electrons. The molecule has 1 atom stereocenters. The van der Waals surface area contributed by atoms with E-state index < -0.39 is 11.7 Å². The summed E-state index contributed by atoms with van der Waals surface area (Å²) < 4.78 is 13.4. The Kier molecular flexibility index (Phi) is 7.79. The molecule has 0 saturated carbocycles. The number of nitrogens with two attached hydrogens (primary N) is 1. The number of hydrogen-bond acceptors (Lipinski definition) is 3. The van der Waals surface area contributed by atoms with Crippen LogP contribution in [0.15, 0.2) is 18.2 Å². The summed E-state index contributed by atoms with van der Waals surface area (Å²) >= 11 is 0. The van der Waals surface area contributed by atoms with Crippen molar-refractivity contribution < 1.29 is 14.0 Å². The molecule has 1 rings (SSSR count). The third kappa shape index (κ3) is 5.99. The van der Waals surface area contributed by atoms with Crippen LogP contribution in [0, 0.1) is 5.82 Å². The molecule has 1 unspecified atom stereocenters. The van der Waals surface area contributed by atoms with E-state index in [1.165, 1.54) is 19.1 Å². The first-order chi connectivity index (χ1) is 8.90. The summed E-state index contributed by atoms with van der Waals surface area (Å²) in [5.41, 5.74) is 5.85. The Labute approximate surface area is 123 Å². The molecule has 0 aromatic heterocycles. The van der Waals surface area contributed by atoms with Crippen molar-refractivity contribution in [3.05, 3.63) is 29.6 Å². The minimum Gasteiger partial charge on any atom is -0.352 e. The summed E-state index contributed by atoms with van der Waals surface area (Å²) in [6, 6.07) is 3.81. The lowest BCUT2D eigenvalue weighted by molar-refractivity contribution is -0.114. The molecule has 0 bridgehead atoms. The van der Waals surface area contributed by atoms with E-state index in [0.717, 1.165) is 6.07 Å². The van der Waals surface area contributed by atoms with Crippen molar-refractivity contribution in [1.82, 2.24) is 5.32 Å². The first-order valence-electron chi connectivity index (χ1n) is 6.01. The van der Waals surface area contributed by atoms with Gasteiger partial charge in [-0.05, 0) is 31.5 Å². The zero-order chi connectivity index (χ0) is 14.4. The van der Waals surface area contributed by atoms with Crippen LogP contribution in [-0.4, -0.2) is 24.4 Å². The predicted octanol–water partition coefficient (Wildman–Crippen LogP) is 1.67. The van der Waals surface area contributed by atoms with Gasteiger partial charge >= 0.3 is 0 Å².